The summed E-state index contributed by atoms with van der Waals surface area (Å²) in [5.41, 5.74) is -0.0959. The molecule has 18 heavy (non-hydrogen) atoms. The Hall–Kier alpha value is -0.840. The molecule has 2 aromatic rings. The van der Waals surface area contributed by atoms with Crippen LogP contribution in [-0.4, -0.2) is 9.55 Å². The van der Waals surface area contributed by atoms with Gasteiger partial charge in [0.25, 0.3) is 5.56 Å². The van der Waals surface area contributed by atoms with E-state index in [-0.39, 0.29) is 10.7 Å². The average Bonchev–Trinajstić information content (AvgIpc) is 3.06. The predicted molar refractivity (Wildman–Crippen MR) is 73.9 cm³/mol. The summed E-state index contributed by atoms with van der Waals surface area (Å²) in [5.74, 6) is 1.18. The molecule has 94 valence electrons. The maximum atomic E-state index is 12.0. The highest BCUT2D eigenvalue weighted by Crippen LogP contribution is 2.39. The lowest BCUT2D eigenvalue weighted by molar-refractivity contribution is 0.676. The summed E-state index contributed by atoms with van der Waals surface area (Å²) in [7, 11) is 0. The maximum Gasteiger partial charge on any atom is 0.255 e. The van der Waals surface area contributed by atoms with Gasteiger partial charge in [0.15, 0.2) is 0 Å². The highest BCUT2D eigenvalue weighted by atomic mass is 35.5. The topological polar surface area (TPSA) is 34.9 Å². The van der Waals surface area contributed by atoms with E-state index in [1.807, 2.05) is 12.1 Å². The molecule has 0 aliphatic heterocycles. The van der Waals surface area contributed by atoms with Gasteiger partial charge in [-0.25, -0.2) is 4.98 Å². The monoisotopic (exact) mass is 300 g/mol. The molecular weight excluding hydrogens is 291 g/mol. The molecule has 1 saturated carbocycles. The minimum absolute atomic E-state index is 0.0959. The normalized spacial score (nSPS) is 15.0. The highest BCUT2D eigenvalue weighted by Gasteiger charge is 2.29. The van der Waals surface area contributed by atoms with Crippen LogP contribution in [0.3, 0.4) is 0 Å². The fourth-order valence-electron chi connectivity index (χ4n) is 1.90. The minimum Gasteiger partial charge on any atom is -0.291 e. The molecule has 0 radical (unpaired) electrons. The first kappa shape index (κ1) is 12.2. The van der Waals surface area contributed by atoms with Crippen LogP contribution >= 0.6 is 34.5 Å². The van der Waals surface area contributed by atoms with E-state index in [1.165, 1.54) is 17.4 Å². The van der Waals surface area contributed by atoms with E-state index in [1.54, 1.807) is 4.57 Å². The van der Waals surface area contributed by atoms with Crippen LogP contribution in [0.5, 0.6) is 0 Å². The van der Waals surface area contributed by atoms with Gasteiger partial charge in [0.2, 0.25) is 0 Å². The van der Waals surface area contributed by atoms with Crippen LogP contribution in [-0.2, 0) is 6.54 Å². The minimum atomic E-state index is -0.0959. The molecule has 0 spiro atoms. The third kappa shape index (κ3) is 2.46. The van der Waals surface area contributed by atoms with Gasteiger partial charge in [-0.2, -0.15) is 0 Å². The number of hydrogen-bond acceptors (Lipinski definition) is 3. The van der Waals surface area contributed by atoms with E-state index in [2.05, 4.69) is 4.98 Å². The number of hydrogen-bond donors (Lipinski definition) is 0. The molecule has 0 amide bonds. The molecule has 3 nitrogen and oxygen atoms in total. The number of thiophene rings is 1. The lowest BCUT2D eigenvalue weighted by Gasteiger charge is -2.10. The highest BCUT2D eigenvalue weighted by molar-refractivity contribution is 7.16. The van der Waals surface area contributed by atoms with E-state index < -0.39 is 0 Å². The Labute approximate surface area is 118 Å². The molecular formula is C12H10Cl2N2OS. The largest absolute Gasteiger partial charge is 0.291 e. The Balaban J connectivity index is 2.02. The van der Waals surface area contributed by atoms with E-state index in [4.69, 9.17) is 23.2 Å². The van der Waals surface area contributed by atoms with Crippen molar-refractivity contribution in [3.05, 3.63) is 48.7 Å². The van der Waals surface area contributed by atoms with Crippen LogP contribution in [0.25, 0.3) is 0 Å². The SMILES string of the molecule is O=c1cc(Cl)nc(C2CC2)n1Cc1ccc(Cl)s1. The zero-order chi connectivity index (χ0) is 12.7. The number of aromatic nitrogens is 2. The third-order valence-corrected chi connectivity index (χ3v) is 4.30. The van der Waals surface area contributed by atoms with Gasteiger partial charge in [-0.05, 0) is 25.0 Å². The molecule has 1 fully saturated rings. The van der Waals surface area contributed by atoms with Crippen molar-refractivity contribution in [3.63, 3.8) is 0 Å². The molecule has 0 bridgehead atoms. The van der Waals surface area contributed by atoms with Gasteiger partial charge in [0.1, 0.15) is 11.0 Å². The Kier molecular flexibility index (Phi) is 3.18. The van der Waals surface area contributed by atoms with Crippen molar-refractivity contribution in [2.24, 2.45) is 0 Å². The van der Waals surface area contributed by atoms with E-state index in [0.29, 0.717) is 12.5 Å². The molecule has 0 unspecified atom stereocenters. The van der Waals surface area contributed by atoms with Crippen molar-refractivity contribution >= 4 is 34.5 Å². The van der Waals surface area contributed by atoms with Crippen molar-refractivity contribution in [1.29, 1.82) is 0 Å². The summed E-state index contributed by atoms with van der Waals surface area (Å²) < 4.78 is 2.43. The van der Waals surface area contributed by atoms with E-state index in [0.717, 1.165) is 27.9 Å². The Morgan fingerprint density at radius 1 is 1.39 bits per heavy atom. The average molecular weight is 301 g/mol. The van der Waals surface area contributed by atoms with Crippen LogP contribution in [0.4, 0.5) is 0 Å². The Morgan fingerprint density at radius 2 is 2.17 bits per heavy atom. The van der Waals surface area contributed by atoms with Crippen molar-refractivity contribution in [1.82, 2.24) is 9.55 Å². The van der Waals surface area contributed by atoms with E-state index >= 15 is 0 Å². The summed E-state index contributed by atoms with van der Waals surface area (Å²) in [4.78, 5) is 17.4. The van der Waals surface area contributed by atoms with Gasteiger partial charge in [-0.15, -0.1) is 11.3 Å². The number of halogens is 2. The first-order chi connectivity index (χ1) is 8.63. The second kappa shape index (κ2) is 4.68. The van der Waals surface area contributed by atoms with Crippen molar-refractivity contribution in [2.45, 2.75) is 25.3 Å². The molecule has 6 heteroatoms. The summed E-state index contributed by atoms with van der Waals surface area (Å²) >= 11 is 13.2. The van der Waals surface area contributed by atoms with Crippen molar-refractivity contribution in [2.75, 3.05) is 0 Å². The molecule has 1 aliphatic carbocycles. The van der Waals surface area contributed by atoms with Gasteiger partial charge >= 0.3 is 0 Å². The smallest absolute Gasteiger partial charge is 0.255 e. The van der Waals surface area contributed by atoms with Crippen LogP contribution in [0.15, 0.2) is 23.0 Å². The molecule has 0 saturated heterocycles. The second-order valence-electron chi connectivity index (χ2n) is 4.34. The molecule has 0 aromatic carbocycles. The second-order valence-corrected chi connectivity index (χ2v) is 6.53. The molecule has 0 atom stereocenters. The third-order valence-electron chi connectivity index (χ3n) is 2.89. The maximum absolute atomic E-state index is 12.0. The van der Waals surface area contributed by atoms with Crippen LogP contribution in [0, 0.1) is 0 Å². The summed E-state index contributed by atoms with van der Waals surface area (Å²) in [6.45, 7) is 0.520. The number of nitrogens with zero attached hydrogens (tertiary/aromatic N) is 2. The molecule has 0 N–H and O–H groups in total. The van der Waals surface area contributed by atoms with Gasteiger partial charge in [-0.3, -0.25) is 9.36 Å². The van der Waals surface area contributed by atoms with Crippen molar-refractivity contribution < 1.29 is 0 Å². The molecule has 3 rings (SSSR count). The molecule has 2 heterocycles. The lowest BCUT2D eigenvalue weighted by atomic mass is 10.3. The summed E-state index contributed by atoms with van der Waals surface area (Å²) in [5, 5.41) is 0.280. The summed E-state index contributed by atoms with van der Waals surface area (Å²) in [6.07, 6.45) is 2.16. The van der Waals surface area contributed by atoms with Crippen molar-refractivity contribution in [3.8, 4) is 0 Å². The first-order valence-electron chi connectivity index (χ1n) is 5.65. The summed E-state index contributed by atoms with van der Waals surface area (Å²) in [6, 6.07) is 5.14. The zero-order valence-corrected chi connectivity index (χ0v) is 11.7. The Bertz CT molecular complexity index is 646. The zero-order valence-electron chi connectivity index (χ0n) is 9.40. The van der Waals surface area contributed by atoms with E-state index in [9.17, 15) is 4.79 Å². The van der Waals surface area contributed by atoms with Crippen LogP contribution < -0.4 is 5.56 Å². The van der Waals surface area contributed by atoms with Gasteiger partial charge < -0.3 is 0 Å². The van der Waals surface area contributed by atoms with Gasteiger partial charge in [0.05, 0.1) is 10.9 Å². The van der Waals surface area contributed by atoms with Crippen LogP contribution in [0.2, 0.25) is 9.49 Å². The van der Waals surface area contributed by atoms with Gasteiger partial charge in [0, 0.05) is 16.9 Å². The Morgan fingerprint density at radius 3 is 2.78 bits per heavy atom. The lowest BCUT2D eigenvalue weighted by Crippen LogP contribution is -2.24. The molecule has 1 aliphatic rings. The first-order valence-corrected chi connectivity index (χ1v) is 7.22. The predicted octanol–water partition coefficient (Wildman–Crippen LogP) is 3.54. The standard InChI is InChI=1S/C12H10Cl2N2OS/c13-9-5-11(17)16(12(15-9)7-1-2-7)6-8-3-4-10(14)18-8/h3-5,7H,1-2,6H2. The van der Waals surface area contributed by atoms with Crippen LogP contribution in [0.1, 0.15) is 29.5 Å². The fourth-order valence-corrected chi connectivity index (χ4v) is 3.16. The fraction of sp³-hybridized carbons (Fsp3) is 0.333. The quantitative estimate of drug-likeness (QED) is 0.813. The van der Waals surface area contributed by atoms with Gasteiger partial charge in [-0.1, -0.05) is 23.2 Å². The number of rotatable bonds is 3. The molecule has 2 aromatic heterocycles.